The van der Waals surface area contributed by atoms with Crippen LogP contribution in [0.25, 0.3) is 11.3 Å². The lowest BCUT2D eigenvalue weighted by Gasteiger charge is -2.27. The Balaban J connectivity index is 1.77. The number of benzene rings is 1. The van der Waals surface area contributed by atoms with Crippen molar-refractivity contribution in [1.29, 1.82) is 0 Å². The monoisotopic (exact) mass is 406 g/mol. The summed E-state index contributed by atoms with van der Waals surface area (Å²) in [4.78, 5) is 17.5. The summed E-state index contributed by atoms with van der Waals surface area (Å²) in [6.45, 7) is 2.74. The van der Waals surface area contributed by atoms with Crippen LogP contribution in [0.2, 0.25) is 0 Å². The number of ether oxygens (including phenoxy) is 3. The minimum Gasteiger partial charge on any atom is -0.483 e. The van der Waals surface area contributed by atoms with Crippen molar-refractivity contribution in [1.82, 2.24) is 9.55 Å². The van der Waals surface area contributed by atoms with Gasteiger partial charge in [0.05, 0.1) is 17.9 Å². The largest absolute Gasteiger partial charge is 0.483 e. The van der Waals surface area contributed by atoms with Gasteiger partial charge < -0.3 is 18.8 Å². The van der Waals surface area contributed by atoms with Crippen LogP contribution in [-0.4, -0.2) is 22.4 Å². The highest BCUT2D eigenvalue weighted by Crippen LogP contribution is 2.33. The van der Waals surface area contributed by atoms with Crippen molar-refractivity contribution in [2.24, 2.45) is 7.05 Å². The second-order valence-electron chi connectivity index (χ2n) is 7.43. The lowest BCUT2D eigenvalue weighted by atomic mass is 10.1. The van der Waals surface area contributed by atoms with Crippen LogP contribution in [0.1, 0.15) is 30.4 Å². The number of aromatic nitrogens is 2. The molecule has 6 heteroatoms. The summed E-state index contributed by atoms with van der Waals surface area (Å²) in [6.07, 6.45) is 5.97. The molecule has 2 aromatic heterocycles. The lowest BCUT2D eigenvalue weighted by molar-refractivity contribution is -0.109. The molecule has 0 aliphatic carbocycles. The third kappa shape index (κ3) is 4.24. The molecule has 30 heavy (non-hydrogen) atoms. The highest BCUT2D eigenvalue weighted by atomic mass is 16.7. The SMILES string of the molecule is Cc1c(OC2CCCCO2)n(C)c(-c2cccnc2)c(OCc2ccccc2)c1=O. The molecule has 1 saturated heterocycles. The Morgan fingerprint density at radius 1 is 1.17 bits per heavy atom. The van der Waals surface area contributed by atoms with E-state index in [1.54, 1.807) is 19.3 Å². The average Bonchev–Trinajstić information content (AvgIpc) is 2.80. The predicted octanol–water partition coefficient (Wildman–Crippen LogP) is 4.24. The standard InChI is InChI=1S/C24H26N2O4/c1-17-22(27)23(29-16-18-9-4-3-5-10-18)21(19-11-8-13-25-15-19)26(2)24(17)30-20-12-6-7-14-28-20/h3-5,8-11,13,15,20H,6-7,12,14,16H2,1-2H3. The van der Waals surface area contributed by atoms with E-state index in [-0.39, 0.29) is 11.7 Å². The van der Waals surface area contributed by atoms with E-state index >= 15 is 0 Å². The third-order valence-corrected chi connectivity index (χ3v) is 5.26. The second-order valence-corrected chi connectivity index (χ2v) is 7.43. The molecule has 6 nitrogen and oxygen atoms in total. The number of pyridine rings is 2. The van der Waals surface area contributed by atoms with E-state index in [0.29, 0.717) is 36.1 Å². The van der Waals surface area contributed by atoms with Crippen LogP contribution >= 0.6 is 0 Å². The maximum absolute atomic E-state index is 13.3. The van der Waals surface area contributed by atoms with Gasteiger partial charge >= 0.3 is 0 Å². The predicted molar refractivity (Wildman–Crippen MR) is 115 cm³/mol. The minimum atomic E-state index is -0.346. The van der Waals surface area contributed by atoms with Gasteiger partial charge in [0.1, 0.15) is 6.61 Å². The third-order valence-electron chi connectivity index (χ3n) is 5.26. The highest BCUT2D eigenvalue weighted by Gasteiger charge is 2.24. The summed E-state index contributed by atoms with van der Waals surface area (Å²) in [7, 11) is 1.88. The normalized spacial score (nSPS) is 16.3. The summed E-state index contributed by atoms with van der Waals surface area (Å²) in [6, 6.07) is 13.5. The van der Waals surface area contributed by atoms with E-state index in [2.05, 4.69) is 4.98 Å². The average molecular weight is 406 g/mol. The van der Waals surface area contributed by atoms with Crippen LogP contribution in [0.3, 0.4) is 0 Å². The summed E-state index contributed by atoms with van der Waals surface area (Å²) in [5.41, 5.74) is 2.73. The van der Waals surface area contributed by atoms with Crippen LogP contribution in [-0.2, 0) is 18.4 Å². The molecular weight excluding hydrogens is 380 g/mol. The van der Waals surface area contributed by atoms with Crippen LogP contribution in [0.15, 0.2) is 59.7 Å². The highest BCUT2D eigenvalue weighted by molar-refractivity contribution is 5.68. The molecule has 0 N–H and O–H groups in total. The number of hydrogen-bond donors (Lipinski definition) is 0. The van der Waals surface area contributed by atoms with Crippen LogP contribution < -0.4 is 14.9 Å². The maximum atomic E-state index is 13.3. The van der Waals surface area contributed by atoms with Crippen molar-refractivity contribution in [3.05, 3.63) is 76.2 Å². The van der Waals surface area contributed by atoms with Gasteiger partial charge in [-0.3, -0.25) is 9.78 Å². The van der Waals surface area contributed by atoms with Crippen molar-refractivity contribution in [2.45, 2.75) is 39.1 Å². The van der Waals surface area contributed by atoms with E-state index in [4.69, 9.17) is 14.2 Å². The molecule has 1 aromatic carbocycles. The fraction of sp³-hybridized carbons (Fsp3) is 0.333. The van der Waals surface area contributed by atoms with Crippen molar-refractivity contribution in [3.63, 3.8) is 0 Å². The van der Waals surface area contributed by atoms with Crippen molar-refractivity contribution >= 4 is 0 Å². The van der Waals surface area contributed by atoms with E-state index in [0.717, 1.165) is 30.4 Å². The molecule has 1 aliphatic heterocycles. The Morgan fingerprint density at radius 2 is 2.00 bits per heavy atom. The zero-order valence-electron chi connectivity index (χ0n) is 17.3. The summed E-state index contributed by atoms with van der Waals surface area (Å²) in [5.74, 6) is 0.793. The number of hydrogen-bond acceptors (Lipinski definition) is 5. The molecule has 1 unspecified atom stereocenters. The van der Waals surface area contributed by atoms with Gasteiger partial charge in [0.25, 0.3) is 0 Å². The van der Waals surface area contributed by atoms with Gasteiger partial charge in [-0.05, 0) is 37.5 Å². The molecule has 3 aromatic rings. The quantitative estimate of drug-likeness (QED) is 0.613. The Labute approximate surface area is 176 Å². The van der Waals surface area contributed by atoms with Gasteiger partial charge in [0, 0.05) is 31.4 Å². The maximum Gasteiger partial charge on any atom is 0.230 e. The summed E-state index contributed by atoms with van der Waals surface area (Å²) in [5, 5.41) is 0. The topological polar surface area (TPSA) is 62.6 Å². The summed E-state index contributed by atoms with van der Waals surface area (Å²) < 4.78 is 19.8. The Bertz CT molecular complexity index is 1040. The molecule has 1 aliphatic rings. The molecule has 3 heterocycles. The van der Waals surface area contributed by atoms with E-state index < -0.39 is 0 Å². The fourth-order valence-electron chi connectivity index (χ4n) is 3.67. The number of nitrogens with zero attached hydrogens (tertiary/aromatic N) is 2. The Kier molecular flexibility index (Phi) is 6.14. The van der Waals surface area contributed by atoms with Gasteiger partial charge in [0.15, 0.2) is 5.75 Å². The Morgan fingerprint density at radius 3 is 2.70 bits per heavy atom. The first-order valence-electron chi connectivity index (χ1n) is 10.2. The molecule has 0 radical (unpaired) electrons. The van der Waals surface area contributed by atoms with Crippen molar-refractivity contribution in [3.8, 4) is 22.9 Å². The van der Waals surface area contributed by atoms with E-state index in [9.17, 15) is 4.79 Å². The zero-order chi connectivity index (χ0) is 20.9. The van der Waals surface area contributed by atoms with Gasteiger partial charge in [-0.15, -0.1) is 0 Å². The lowest BCUT2D eigenvalue weighted by Crippen LogP contribution is -2.28. The molecule has 0 spiro atoms. The molecule has 1 fully saturated rings. The molecule has 0 amide bonds. The minimum absolute atomic E-state index is 0.186. The van der Waals surface area contributed by atoms with Crippen LogP contribution in [0.4, 0.5) is 0 Å². The molecule has 0 saturated carbocycles. The first-order valence-corrected chi connectivity index (χ1v) is 10.2. The number of rotatable bonds is 6. The Hall–Kier alpha value is -3.12. The van der Waals surface area contributed by atoms with E-state index in [1.807, 2.05) is 54.1 Å². The molecular formula is C24H26N2O4. The summed E-state index contributed by atoms with van der Waals surface area (Å²) >= 11 is 0. The van der Waals surface area contributed by atoms with Crippen molar-refractivity contribution in [2.75, 3.05) is 6.61 Å². The first-order chi connectivity index (χ1) is 14.6. The van der Waals surface area contributed by atoms with Gasteiger partial charge in [-0.1, -0.05) is 30.3 Å². The van der Waals surface area contributed by atoms with Gasteiger partial charge in [0.2, 0.25) is 17.6 Å². The molecule has 4 rings (SSSR count). The molecule has 1 atom stereocenters. The smallest absolute Gasteiger partial charge is 0.230 e. The van der Waals surface area contributed by atoms with Gasteiger partial charge in [-0.2, -0.15) is 0 Å². The van der Waals surface area contributed by atoms with Gasteiger partial charge in [-0.25, -0.2) is 0 Å². The first kappa shape index (κ1) is 20.2. The van der Waals surface area contributed by atoms with Crippen LogP contribution in [0.5, 0.6) is 11.6 Å². The van der Waals surface area contributed by atoms with E-state index in [1.165, 1.54) is 0 Å². The zero-order valence-corrected chi connectivity index (χ0v) is 17.3. The second kappa shape index (κ2) is 9.13. The molecule has 156 valence electrons. The fourth-order valence-corrected chi connectivity index (χ4v) is 3.67. The molecule has 0 bridgehead atoms. The van der Waals surface area contributed by atoms with Crippen LogP contribution in [0, 0.1) is 6.92 Å². The van der Waals surface area contributed by atoms with Crippen molar-refractivity contribution < 1.29 is 14.2 Å².